The molecule has 2 amide bonds. The van der Waals surface area contributed by atoms with Gasteiger partial charge in [0, 0.05) is 27.7 Å². The second-order valence-electron chi connectivity index (χ2n) is 7.00. The molecule has 168 valence electrons. The summed E-state index contributed by atoms with van der Waals surface area (Å²) in [5, 5.41) is 6.71. The third-order valence-corrected chi connectivity index (χ3v) is 5.00. The van der Waals surface area contributed by atoms with Gasteiger partial charge in [0.05, 0.1) is 12.6 Å². The fourth-order valence-electron chi connectivity index (χ4n) is 2.81. The van der Waals surface area contributed by atoms with Crippen molar-refractivity contribution in [2.24, 2.45) is 5.10 Å². The molecule has 3 aromatic carbocycles. The Morgan fingerprint density at radius 1 is 1.00 bits per heavy atom. The van der Waals surface area contributed by atoms with E-state index in [0.29, 0.717) is 29.0 Å². The Morgan fingerprint density at radius 2 is 1.73 bits per heavy atom. The molecule has 0 aliphatic heterocycles. The molecule has 0 aromatic heterocycles. The summed E-state index contributed by atoms with van der Waals surface area (Å²) in [7, 11) is 0. The number of hydrogen-bond donors (Lipinski definition) is 2. The lowest BCUT2D eigenvalue weighted by Gasteiger charge is -2.08. The fraction of sp³-hybridized carbons (Fsp3) is 0.120. The number of hydrazone groups is 1. The van der Waals surface area contributed by atoms with Crippen LogP contribution in [-0.4, -0.2) is 24.0 Å². The summed E-state index contributed by atoms with van der Waals surface area (Å²) in [5.74, 6) is -0.603. The molecule has 0 unspecified atom stereocenters. The zero-order chi connectivity index (χ0) is 23.6. The smallest absolute Gasteiger partial charge is 0.315 e. The van der Waals surface area contributed by atoms with Gasteiger partial charge in [-0.25, -0.2) is 5.43 Å². The highest BCUT2D eigenvalue weighted by molar-refractivity contribution is 9.10. The largest absolute Gasteiger partial charge is 0.426 e. The van der Waals surface area contributed by atoms with Crippen molar-refractivity contribution in [2.75, 3.05) is 5.32 Å². The van der Waals surface area contributed by atoms with Crippen LogP contribution in [0.1, 0.15) is 34.8 Å². The van der Waals surface area contributed by atoms with Crippen molar-refractivity contribution in [3.8, 4) is 5.75 Å². The van der Waals surface area contributed by atoms with Gasteiger partial charge in [-0.05, 0) is 48.0 Å². The van der Waals surface area contributed by atoms with Crippen LogP contribution in [0.2, 0.25) is 0 Å². The topological polar surface area (TPSA) is 96.9 Å². The number of rotatable bonds is 8. The highest BCUT2D eigenvalue weighted by Crippen LogP contribution is 2.22. The monoisotopic (exact) mass is 507 g/mol. The summed E-state index contributed by atoms with van der Waals surface area (Å²) < 4.78 is 6.27. The summed E-state index contributed by atoms with van der Waals surface area (Å²) in [6.07, 6.45) is 1.92. The van der Waals surface area contributed by atoms with Gasteiger partial charge in [-0.1, -0.05) is 53.2 Å². The van der Waals surface area contributed by atoms with Crippen molar-refractivity contribution in [1.29, 1.82) is 0 Å². The summed E-state index contributed by atoms with van der Waals surface area (Å²) in [6, 6.07) is 20.9. The van der Waals surface area contributed by atoms with Gasteiger partial charge < -0.3 is 10.1 Å². The number of carbonyl (C=O) groups is 3. The lowest BCUT2D eigenvalue weighted by molar-refractivity contribution is -0.133. The van der Waals surface area contributed by atoms with Crippen molar-refractivity contribution in [1.82, 2.24) is 5.43 Å². The van der Waals surface area contributed by atoms with Crippen LogP contribution in [0.4, 0.5) is 5.69 Å². The number of esters is 1. The molecule has 2 N–H and O–H groups in total. The zero-order valence-corrected chi connectivity index (χ0v) is 19.5. The van der Waals surface area contributed by atoms with Gasteiger partial charge in [0.15, 0.2) is 0 Å². The molecule has 0 saturated heterocycles. The van der Waals surface area contributed by atoms with Crippen LogP contribution in [0.25, 0.3) is 0 Å². The zero-order valence-electron chi connectivity index (χ0n) is 17.9. The first-order chi connectivity index (χ1) is 15.9. The van der Waals surface area contributed by atoms with Gasteiger partial charge in [0.25, 0.3) is 5.91 Å². The van der Waals surface area contributed by atoms with E-state index in [4.69, 9.17) is 4.74 Å². The van der Waals surface area contributed by atoms with Crippen molar-refractivity contribution in [2.45, 2.75) is 19.8 Å². The van der Waals surface area contributed by atoms with Crippen LogP contribution in [0.3, 0.4) is 0 Å². The fourth-order valence-corrected chi connectivity index (χ4v) is 3.19. The molecule has 0 radical (unpaired) electrons. The van der Waals surface area contributed by atoms with E-state index >= 15 is 0 Å². The predicted octanol–water partition coefficient (Wildman–Crippen LogP) is 4.71. The third-order valence-electron chi connectivity index (χ3n) is 4.51. The molecule has 0 heterocycles. The van der Waals surface area contributed by atoms with Crippen molar-refractivity contribution in [3.05, 3.63) is 94.0 Å². The molecule has 7 nitrogen and oxygen atoms in total. The number of carbonyl (C=O) groups excluding carboxylic acids is 3. The van der Waals surface area contributed by atoms with Gasteiger partial charge >= 0.3 is 5.97 Å². The third kappa shape index (κ3) is 7.40. The van der Waals surface area contributed by atoms with Gasteiger partial charge in [-0.2, -0.15) is 5.10 Å². The minimum Gasteiger partial charge on any atom is -0.426 e. The number of nitrogens with zero attached hydrogens (tertiary/aromatic N) is 1. The summed E-state index contributed by atoms with van der Waals surface area (Å²) in [6.45, 7) is 1.76. The Kier molecular flexibility index (Phi) is 8.49. The molecule has 0 aliphatic carbocycles. The Labute approximate surface area is 200 Å². The minimum absolute atomic E-state index is 0.105. The standard InChI is InChI=1S/C25H22BrN3O4/c1-2-23(30)28-21-11-8-18(9-12-21)25(32)29-27-16-19-15-20(26)10-13-22(19)33-24(31)14-17-6-4-3-5-7-17/h3-13,15-16H,2,14H2,1H3,(H,28,30)(H,29,32)/b27-16-. The Hall–Kier alpha value is -3.78. The molecule has 0 spiro atoms. The van der Waals surface area contributed by atoms with E-state index in [0.717, 1.165) is 10.0 Å². The van der Waals surface area contributed by atoms with Crippen LogP contribution in [0, 0.1) is 0 Å². The maximum absolute atomic E-state index is 12.4. The summed E-state index contributed by atoms with van der Waals surface area (Å²) in [5.41, 5.74) is 4.80. The molecule has 33 heavy (non-hydrogen) atoms. The van der Waals surface area contributed by atoms with E-state index in [9.17, 15) is 14.4 Å². The summed E-state index contributed by atoms with van der Waals surface area (Å²) in [4.78, 5) is 36.1. The van der Waals surface area contributed by atoms with Gasteiger partial charge in [0.1, 0.15) is 5.75 Å². The number of anilines is 1. The number of hydrogen-bond acceptors (Lipinski definition) is 5. The lowest BCUT2D eigenvalue weighted by Crippen LogP contribution is -2.18. The van der Waals surface area contributed by atoms with Crippen LogP contribution >= 0.6 is 15.9 Å². The van der Waals surface area contributed by atoms with Crippen LogP contribution in [0.15, 0.2) is 82.4 Å². The quantitative estimate of drug-likeness (QED) is 0.199. The van der Waals surface area contributed by atoms with Crippen LogP contribution < -0.4 is 15.5 Å². The number of nitrogens with one attached hydrogen (secondary N) is 2. The Morgan fingerprint density at radius 3 is 2.42 bits per heavy atom. The van der Waals surface area contributed by atoms with Crippen molar-refractivity contribution in [3.63, 3.8) is 0 Å². The summed E-state index contributed by atoms with van der Waals surface area (Å²) >= 11 is 3.38. The second kappa shape index (κ2) is 11.7. The molecule has 8 heteroatoms. The molecule has 3 rings (SSSR count). The van der Waals surface area contributed by atoms with Crippen molar-refractivity contribution < 1.29 is 19.1 Å². The van der Waals surface area contributed by atoms with Gasteiger partial charge in [0.2, 0.25) is 5.91 Å². The molecular weight excluding hydrogens is 486 g/mol. The van der Waals surface area contributed by atoms with Crippen LogP contribution in [-0.2, 0) is 16.0 Å². The first-order valence-electron chi connectivity index (χ1n) is 10.2. The normalized spacial score (nSPS) is 10.6. The molecule has 0 aliphatic rings. The lowest BCUT2D eigenvalue weighted by atomic mass is 10.1. The molecular formula is C25H22BrN3O4. The number of ether oxygens (including phenoxy) is 1. The molecule has 0 bridgehead atoms. The molecule has 0 atom stereocenters. The second-order valence-corrected chi connectivity index (χ2v) is 7.91. The van der Waals surface area contributed by atoms with E-state index in [2.05, 4.69) is 31.8 Å². The SMILES string of the molecule is CCC(=O)Nc1ccc(C(=O)N/N=C\c2cc(Br)ccc2OC(=O)Cc2ccccc2)cc1. The highest BCUT2D eigenvalue weighted by Gasteiger charge is 2.11. The number of benzene rings is 3. The number of halogens is 1. The molecule has 3 aromatic rings. The molecule has 0 fully saturated rings. The van der Waals surface area contributed by atoms with Gasteiger partial charge in [-0.15, -0.1) is 0 Å². The van der Waals surface area contributed by atoms with E-state index in [1.54, 1.807) is 49.4 Å². The average Bonchev–Trinajstić information content (AvgIpc) is 2.81. The van der Waals surface area contributed by atoms with E-state index in [1.807, 2.05) is 30.3 Å². The highest BCUT2D eigenvalue weighted by atomic mass is 79.9. The predicted molar refractivity (Wildman–Crippen MR) is 130 cm³/mol. The maximum Gasteiger partial charge on any atom is 0.315 e. The first kappa shape index (κ1) is 23.9. The number of amides is 2. The van der Waals surface area contributed by atoms with E-state index < -0.39 is 11.9 Å². The van der Waals surface area contributed by atoms with E-state index in [1.165, 1.54) is 6.21 Å². The first-order valence-corrected chi connectivity index (χ1v) is 11.0. The Balaban J connectivity index is 1.63. The van der Waals surface area contributed by atoms with Crippen molar-refractivity contribution >= 4 is 45.6 Å². The van der Waals surface area contributed by atoms with E-state index in [-0.39, 0.29) is 12.3 Å². The average molecular weight is 508 g/mol. The van der Waals surface area contributed by atoms with Gasteiger partial charge in [-0.3, -0.25) is 14.4 Å². The maximum atomic E-state index is 12.4. The van der Waals surface area contributed by atoms with Crippen LogP contribution in [0.5, 0.6) is 5.75 Å². The molecule has 0 saturated carbocycles. The minimum atomic E-state index is -0.419. The Bertz CT molecular complexity index is 1160.